The molecule has 0 radical (unpaired) electrons. The smallest absolute Gasteiger partial charge is 0.445 e. The number of nitrogens with zero attached hydrogens (tertiary/aromatic N) is 2. The molecule has 0 aromatic carbocycles. The Morgan fingerprint density at radius 2 is 1.56 bits per heavy atom. The Kier molecular flexibility index (Phi) is 8.10. The summed E-state index contributed by atoms with van der Waals surface area (Å²) in [4.78, 5) is 4.06. The zero-order chi connectivity index (χ0) is 11.5. The van der Waals surface area contributed by atoms with Crippen molar-refractivity contribution in [3.63, 3.8) is 0 Å². The molecule has 1 aliphatic rings. The zero-order valence-electron chi connectivity index (χ0n) is 10.1. The molecular weight excluding hydrogens is 243 g/mol. The van der Waals surface area contributed by atoms with E-state index >= 15 is 0 Å². The van der Waals surface area contributed by atoms with Crippen molar-refractivity contribution in [2.45, 2.75) is 6.92 Å². The molecule has 0 amide bonds. The van der Waals surface area contributed by atoms with Crippen LogP contribution in [-0.4, -0.2) is 56.0 Å². The first-order valence-electron chi connectivity index (χ1n) is 5.25. The molecule has 1 heterocycles. The fourth-order valence-corrected chi connectivity index (χ4v) is 1.65. The molecule has 1 saturated heterocycles. The number of hydrogen-bond acceptors (Lipinski definition) is 2. The summed E-state index contributed by atoms with van der Waals surface area (Å²) in [6.07, 6.45) is 0. The van der Waals surface area contributed by atoms with Gasteiger partial charge in [0.1, 0.15) is 0 Å². The molecule has 0 aromatic rings. The Hall–Kier alpha value is 1.15. The third kappa shape index (κ3) is 5.66. The van der Waals surface area contributed by atoms with Crippen molar-refractivity contribution in [1.82, 2.24) is 9.80 Å². The minimum atomic E-state index is -4.87. The molecule has 0 aliphatic carbocycles. The largest absolute Gasteiger partial charge is 1.00 e. The Labute approximate surface area is 138 Å². The average molecular weight is 260 g/mol. The van der Waals surface area contributed by atoms with Gasteiger partial charge in [0.25, 0.3) is 0 Å². The summed E-state index contributed by atoms with van der Waals surface area (Å²) in [5, 5.41) is 0. The number of rotatable bonds is 4. The molecule has 0 bridgehead atoms. The predicted molar refractivity (Wildman–Crippen MR) is 56.8 cm³/mol. The van der Waals surface area contributed by atoms with E-state index in [1.54, 1.807) is 0 Å². The molecule has 7 heteroatoms. The van der Waals surface area contributed by atoms with Crippen molar-refractivity contribution in [3.05, 3.63) is 12.1 Å². The Bertz CT molecular complexity index is 227. The van der Waals surface area contributed by atoms with E-state index in [4.69, 9.17) is 0 Å². The fourth-order valence-electron chi connectivity index (χ4n) is 1.65. The molecule has 1 rings (SSSR count). The van der Waals surface area contributed by atoms with Gasteiger partial charge in [-0.05, 0) is 13.1 Å². The Balaban J connectivity index is 0.00000225. The molecule has 2 nitrogen and oxygen atoms in total. The quantitative estimate of drug-likeness (QED) is 0.572. The van der Waals surface area contributed by atoms with Crippen molar-refractivity contribution in [1.29, 1.82) is 0 Å². The summed E-state index contributed by atoms with van der Waals surface area (Å²) in [5.41, 5.74) is -0.583. The minimum Gasteiger partial charge on any atom is -0.445 e. The van der Waals surface area contributed by atoms with Gasteiger partial charge < -0.3 is 17.8 Å². The molecule has 1 fully saturated rings. The van der Waals surface area contributed by atoms with Gasteiger partial charge in [0, 0.05) is 26.2 Å². The molecule has 0 unspecified atom stereocenters. The van der Waals surface area contributed by atoms with Crippen LogP contribution in [0.1, 0.15) is 6.92 Å². The number of halogens is 3. The molecular formula is C9H17BF3KN2. The van der Waals surface area contributed by atoms with Gasteiger partial charge in [-0.2, -0.15) is 0 Å². The van der Waals surface area contributed by atoms with E-state index in [1.165, 1.54) is 0 Å². The Morgan fingerprint density at radius 3 is 1.94 bits per heavy atom. The maximum atomic E-state index is 12.3. The second kappa shape index (κ2) is 7.56. The van der Waals surface area contributed by atoms with Crippen molar-refractivity contribution in [2.75, 3.05) is 39.3 Å². The van der Waals surface area contributed by atoms with Crippen LogP contribution in [0, 0.1) is 0 Å². The third-order valence-corrected chi connectivity index (χ3v) is 2.80. The molecule has 0 saturated carbocycles. The second-order valence-corrected chi connectivity index (χ2v) is 3.94. The van der Waals surface area contributed by atoms with Gasteiger partial charge in [-0.1, -0.05) is 6.92 Å². The zero-order valence-corrected chi connectivity index (χ0v) is 13.2. The maximum absolute atomic E-state index is 12.3. The van der Waals surface area contributed by atoms with Gasteiger partial charge in [0.05, 0.1) is 0 Å². The molecule has 88 valence electrons. The fraction of sp³-hybridized carbons (Fsp3) is 0.778. The van der Waals surface area contributed by atoms with Gasteiger partial charge in [-0.3, -0.25) is 4.90 Å². The summed E-state index contributed by atoms with van der Waals surface area (Å²) >= 11 is 0. The minimum absolute atomic E-state index is 0. The van der Waals surface area contributed by atoms with E-state index in [0.717, 1.165) is 19.6 Å². The van der Waals surface area contributed by atoms with E-state index in [0.29, 0.717) is 13.1 Å². The topological polar surface area (TPSA) is 6.48 Å². The summed E-state index contributed by atoms with van der Waals surface area (Å²) < 4.78 is 36.8. The Morgan fingerprint density at radius 1 is 1.12 bits per heavy atom. The van der Waals surface area contributed by atoms with E-state index in [-0.39, 0.29) is 57.9 Å². The van der Waals surface area contributed by atoms with Crippen LogP contribution in [0.4, 0.5) is 12.9 Å². The van der Waals surface area contributed by atoms with Crippen LogP contribution in [0.15, 0.2) is 12.1 Å². The molecule has 16 heavy (non-hydrogen) atoms. The van der Waals surface area contributed by atoms with Crippen molar-refractivity contribution >= 4 is 6.98 Å². The van der Waals surface area contributed by atoms with E-state index in [9.17, 15) is 12.9 Å². The van der Waals surface area contributed by atoms with E-state index in [1.807, 2.05) is 4.90 Å². The van der Waals surface area contributed by atoms with Gasteiger partial charge >= 0.3 is 58.4 Å². The van der Waals surface area contributed by atoms with Crippen LogP contribution >= 0.6 is 0 Å². The second-order valence-electron chi connectivity index (χ2n) is 3.94. The van der Waals surface area contributed by atoms with Crippen molar-refractivity contribution in [2.24, 2.45) is 0 Å². The van der Waals surface area contributed by atoms with E-state index < -0.39 is 12.4 Å². The summed E-state index contributed by atoms with van der Waals surface area (Å²) in [7, 11) is 0. The van der Waals surface area contributed by atoms with Crippen molar-refractivity contribution < 1.29 is 64.3 Å². The van der Waals surface area contributed by atoms with Gasteiger partial charge in [-0.15, -0.1) is 12.1 Å². The summed E-state index contributed by atoms with van der Waals surface area (Å²) in [6.45, 7) is 4.37. The number of piperazine rings is 1. The molecule has 0 spiro atoms. The van der Waals surface area contributed by atoms with Crippen LogP contribution in [0.25, 0.3) is 0 Å². The monoisotopic (exact) mass is 260 g/mol. The molecule has 1 aliphatic heterocycles. The van der Waals surface area contributed by atoms with Gasteiger partial charge in [0.15, 0.2) is 0 Å². The average Bonchev–Trinajstić information content (AvgIpc) is 2.17. The predicted octanol–water partition coefficient (Wildman–Crippen LogP) is -1.43. The molecule has 0 atom stereocenters. The van der Waals surface area contributed by atoms with Crippen molar-refractivity contribution in [3.8, 4) is 0 Å². The normalized spacial score (nSPS) is 19.2. The van der Waals surface area contributed by atoms with E-state index in [2.05, 4.69) is 18.4 Å². The SMILES string of the molecule is C=C(CN1CCN(CC)CC1)[B-](F)(F)F.[K+]. The molecule has 0 aromatic heterocycles. The van der Waals surface area contributed by atoms with Crippen LogP contribution in [0.2, 0.25) is 0 Å². The summed E-state index contributed by atoms with van der Waals surface area (Å²) in [6, 6.07) is 0. The maximum Gasteiger partial charge on any atom is 1.00 e. The summed E-state index contributed by atoms with van der Waals surface area (Å²) in [5.74, 6) is 0. The van der Waals surface area contributed by atoms with Gasteiger partial charge in [0.2, 0.25) is 0 Å². The standard InChI is InChI=1S/C9H17BF3N2.K/c1-3-14-4-6-15(7-5-14)8-9(2)10(11,12)13;/h2-8H2,1H3;/q-1;+1. The first kappa shape index (κ1) is 17.2. The number of hydrogen-bond donors (Lipinski definition) is 0. The van der Waals surface area contributed by atoms with Crippen LogP contribution in [0.5, 0.6) is 0 Å². The third-order valence-electron chi connectivity index (χ3n) is 2.80. The van der Waals surface area contributed by atoms with Gasteiger partial charge in [-0.25, -0.2) is 0 Å². The van der Waals surface area contributed by atoms with Crippen LogP contribution in [-0.2, 0) is 0 Å². The van der Waals surface area contributed by atoms with Crippen LogP contribution in [0.3, 0.4) is 0 Å². The molecule has 0 N–H and O–H groups in total. The van der Waals surface area contributed by atoms with Crippen LogP contribution < -0.4 is 51.4 Å². The first-order valence-corrected chi connectivity index (χ1v) is 5.25. The number of likely N-dealkylation sites (N-methyl/N-ethyl adjacent to an activating group) is 1. The first-order chi connectivity index (χ1) is 6.93.